The molecule has 0 radical (unpaired) electrons. The molecule has 3 aromatic rings. The zero-order valence-corrected chi connectivity index (χ0v) is 15.1. The number of halogens is 2. The van der Waals surface area contributed by atoms with E-state index in [0.717, 1.165) is 33.2 Å². The fourth-order valence-corrected chi connectivity index (χ4v) is 3.41. The smallest absolute Gasteiger partial charge is 0.112 e. The third-order valence-electron chi connectivity index (χ3n) is 3.25. The molecule has 1 heterocycles. The van der Waals surface area contributed by atoms with Gasteiger partial charge in [-0.05, 0) is 11.1 Å². The van der Waals surface area contributed by atoms with E-state index in [2.05, 4.69) is 89.1 Å². The van der Waals surface area contributed by atoms with Crippen LogP contribution in [0.3, 0.4) is 0 Å². The van der Waals surface area contributed by atoms with Gasteiger partial charge in [0, 0.05) is 21.8 Å². The first kappa shape index (κ1) is 14.9. The third-order valence-corrected chi connectivity index (χ3v) is 5.08. The van der Waals surface area contributed by atoms with E-state index in [9.17, 15) is 0 Å². The van der Waals surface area contributed by atoms with Gasteiger partial charge in [-0.1, -0.05) is 80.4 Å². The third kappa shape index (κ3) is 3.25. The van der Waals surface area contributed by atoms with Crippen LogP contribution in [-0.2, 0) is 10.7 Å². The maximum absolute atomic E-state index is 4.47. The molecular formula is C16H12Br2N2S. The Morgan fingerprint density at radius 2 is 1.05 bits per heavy atom. The lowest BCUT2D eigenvalue weighted by atomic mass is 10.0. The zero-order valence-electron chi connectivity index (χ0n) is 11.1. The molecule has 0 saturated heterocycles. The highest BCUT2D eigenvalue weighted by Crippen LogP contribution is 2.30. The van der Waals surface area contributed by atoms with E-state index in [0.29, 0.717) is 0 Å². The van der Waals surface area contributed by atoms with Crippen molar-refractivity contribution in [1.29, 1.82) is 0 Å². The average Bonchev–Trinajstić information content (AvgIpc) is 3.04. The fraction of sp³-hybridized carbons (Fsp3) is 0.125. The second-order valence-corrected chi connectivity index (χ2v) is 6.27. The van der Waals surface area contributed by atoms with E-state index in [-0.39, 0.29) is 0 Å². The summed E-state index contributed by atoms with van der Waals surface area (Å²) in [5, 5.41) is 1.73. The second kappa shape index (κ2) is 6.81. The van der Waals surface area contributed by atoms with Gasteiger partial charge in [-0.3, -0.25) is 0 Å². The van der Waals surface area contributed by atoms with Crippen molar-refractivity contribution in [2.24, 2.45) is 0 Å². The quantitative estimate of drug-likeness (QED) is 0.505. The van der Waals surface area contributed by atoms with Gasteiger partial charge in [0.15, 0.2) is 0 Å². The van der Waals surface area contributed by atoms with Crippen LogP contribution in [0.2, 0.25) is 0 Å². The van der Waals surface area contributed by atoms with E-state index < -0.39 is 0 Å². The largest absolute Gasteiger partial charge is 0.172 e. The molecular weight excluding hydrogens is 412 g/mol. The van der Waals surface area contributed by atoms with Crippen LogP contribution < -0.4 is 0 Å². The molecule has 0 aliphatic rings. The maximum atomic E-state index is 4.47. The van der Waals surface area contributed by atoms with Crippen molar-refractivity contribution in [3.8, 4) is 22.5 Å². The van der Waals surface area contributed by atoms with Crippen molar-refractivity contribution in [3.05, 3.63) is 59.7 Å². The lowest BCUT2D eigenvalue weighted by Crippen LogP contribution is -1.86. The Labute approximate surface area is 144 Å². The van der Waals surface area contributed by atoms with Crippen molar-refractivity contribution >= 4 is 43.6 Å². The first-order valence-electron chi connectivity index (χ1n) is 6.45. The summed E-state index contributed by atoms with van der Waals surface area (Å²) in [6, 6.07) is 16.9. The summed E-state index contributed by atoms with van der Waals surface area (Å²) < 4.78 is 8.94. The first-order chi connectivity index (χ1) is 10.3. The fourth-order valence-electron chi connectivity index (χ4n) is 2.07. The summed E-state index contributed by atoms with van der Waals surface area (Å²) in [6.07, 6.45) is 0. The summed E-state index contributed by atoms with van der Waals surface area (Å²) in [4.78, 5) is 0. The number of nitrogens with zero attached hydrogens (tertiary/aromatic N) is 2. The minimum absolute atomic E-state index is 0.865. The molecule has 2 aromatic carbocycles. The average molecular weight is 424 g/mol. The number of hydrogen-bond donors (Lipinski definition) is 0. The van der Waals surface area contributed by atoms with Gasteiger partial charge < -0.3 is 0 Å². The Hall–Kier alpha value is -1.04. The minimum atomic E-state index is 0.865. The molecule has 0 bridgehead atoms. The van der Waals surface area contributed by atoms with Gasteiger partial charge in [0.25, 0.3) is 0 Å². The molecule has 0 aliphatic carbocycles. The highest BCUT2D eigenvalue weighted by molar-refractivity contribution is 9.08. The summed E-state index contributed by atoms with van der Waals surface area (Å²) in [5.41, 5.74) is 6.62. The molecule has 5 heteroatoms. The molecule has 0 amide bonds. The maximum Gasteiger partial charge on any atom is 0.112 e. The van der Waals surface area contributed by atoms with Crippen molar-refractivity contribution in [2.75, 3.05) is 0 Å². The van der Waals surface area contributed by atoms with Crippen LogP contribution in [0.25, 0.3) is 22.5 Å². The number of rotatable bonds is 4. The molecule has 2 nitrogen and oxygen atoms in total. The number of hydrogen-bond acceptors (Lipinski definition) is 3. The molecule has 0 unspecified atom stereocenters. The topological polar surface area (TPSA) is 25.8 Å². The Kier molecular flexibility index (Phi) is 4.83. The van der Waals surface area contributed by atoms with Crippen LogP contribution in [0.1, 0.15) is 11.1 Å². The van der Waals surface area contributed by atoms with E-state index in [1.165, 1.54) is 22.9 Å². The number of alkyl halides is 2. The summed E-state index contributed by atoms with van der Waals surface area (Å²) in [7, 11) is 0. The van der Waals surface area contributed by atoms with Gasteiger partial charge in [-0.15, -0.1) is 0 Å². The predicted molar refractivity (Wildman–Crippen MR) is 96.0 cm³/mol. The molecule has 0 saturated carbocycles. The van der Waals surface area contributed by atoms with Gasteiger partial charge in [0.2, 0.25) is 0 Å². The molecule has 1 aromatic heterocycles. The van der Waals surface area contributed by atoms with Gasteiger partial charge in [-0.25, -0.2) is 0 Å². The van der Waals surface area contributed by atoms with Crippen LogP contribution in [0.15, 0.2) is 48.5 Å². The lowest BCUT2D eigenvalue weighted by Gasteiger charge is -2.04. The molecule has 0 spiro atoms. The zero-order chi connectivity index (χ0) is 14.7. The van der Waals surface area contributed by atoms with E-state index in [4.69, 9.17) is 0 Å². The van der Waals surface area contributed by atoms with Crippen molar-refractivity contribution in [1.82, 2.24) is 8.75 Å². The Morgan fingerprint density at radius 1 is 0.667 bits per heavy atom. The van der Waals surface area contributed by atoms with E-state index in [1.807, 2.05) is 0 Å². The van der Waals surface area contributed by atoms with Crippen LogP contribution in [0.5, 0.6) is 0 Å². The monoisotopic (exact) mass is 422 g/mol. The van der Waals surface area contributed by atoms with Gasteiger partial charge in [-0.2, -0.15) is 8.75 Å². The first-order valence-corrected chi connectivity index (χ1v) is 9.42. The highest BCUT2D eigenvalue weighted by Gasteiger charge is 2.12. The SMILES string of the molecule is BrCc1ccc(-c2nsnc2-c2ccc(CBr)cc2)cc1. The summed E-state index contributed by atoms with van der Waals surface area (Å²) in [6.45, 7) is 0. The standard InChI is InChI=1S/C16H12Br2N2S/c17-9-11-1-5-13(6-2-11)15-16(20-21-19-15)14-7-3-12(10-18)4-8-14/h1-8H,9-10H2. The van der Waals surface area contributed by atoms with Crippen LogP contribution in [0, 0.1) is 0 Å². The Bertz CT molecular complexity index is 659. The highest BCUT2D eigenvalue weighted by atomic mass is 79.9. The number of aromatic nitrogens is 2. The van der Waals surface area contributed by atoms with Crippen molar-refractivity contribution in [2.45, 2.75) is 10.7 Å². The van der Waals surface area contributed by atoms with Gasteiger partial charge >= 0.3 is 0 Å². The summed E-state index contributed by atoms with van der Waals surface area (Å²) >= 11 is 8.19. The van der Waals surface area contributed by atoms with Crippen LogP contribution in [0.4, 0.5) is 0 Å². The second-order valence-electron chi connectivity index (χ2n) is 4.62. The Morgan fingerprint density at radius 3 is 1.38 bits per heavy atom. The van der Waals surface area contributed by atoms with E-state index in [1.54, 1.807) is 0 Å². The molecule has 0 N–H and O–H groups in total. The molecule has 0 aliphatic heterocycles. The molecule has 0 atom stereocenters. The lowest BCUT2D eigenvalue weighted by molar-refractivity contribution is 1.40. The summed E-state index contributed by atoms with van der Waals surface area (Å²) in [5.74, 6) is 0. The van der Waals surface area contributed by atoms with Gasteiger partial charge in [0.1, 0.15) is 11.4 Å². The van der Waals surface area contributed by atoms with Gasteiger partial charge in [0.05, 0.1) is 11.7 Å². The molecule has 106 valence electrons. The normalized spacial score (nSPS) is 10.8. The van der Waals surface area contributed by atoms with E-state index >= 15 is 0 Å². The van der Waals surface area contributed by atoms with Crippen LogP contribution >= 0.6 is 43.6 Å². The Balaban J connectivity index is 1.99. The van der Waals surface area contributed by atoms with Crippen LogP contribution in [-0.4, -0.2) is 8.75 Å². The minimum Gasteiger partial charge on any atom is -0.172 e. The molecule has 3 rings (SSSR count). The predicted octanol–water partition coefficient (Wildman–Crippen LogP) is 5.66. The molecule has 21 heavy (non-hydrogen) atoms. The molecule has 0 fully saturated rings. The van der Waals surface area contributed by atoms with Crippen molar-refractivity contribution < 1.29 is 0 Å². The van der Waals surface area contributed by atoms with Crippen molar-refractivity contribution in [3.63, 3.8) is 0 Å². The number of benzene rings is 2.